The Kier molecular flexibility index (Phi) is 2.24. The first-order valence-electron chi connectivity index (χ1n) is 3.44. The Bertz CT molecular complexity index is 70.8. The molecule has 0 aliphatic carbocycles. The lowest BCUT2D eigenvalue weighted by Gasteiger charge is -2.01. The second-order valence-corrected chi connectivity index (χ2v) is 4.04. The van der Waals surface area contributed by atoms with Crippen molar-refractivity contribution >= 4 is 11.8 Å². The van der Waals surface area contributed by atoms with Gasteiger partial charge in [-0.1, -0.05) is 13.8 Å². The van der Waals surface area contributed by atoms with Gasteiger partial charge in [0.25, 0.3) is 0 Å². The van der Waals surface area contributed by atoms with Crippen molar-refractivity contribution in [2.75, 3.05) is 5.75 Å². The molecule has 0 saturated carbocycles. The van der Waals surface area contributed by atoms with E-state index in [1.165, 1.54) is 18.6 Å². The summed E-state index contributed by atoms with van der Waals surface area (Å²) in [5.41, 5.74) is 0. The number of rotatable bonds is 1. The zero-order chi connectivity index (χ0) is 5.98. The van der Waals surface area contributed by atoms with E-state index < -0.39 is 0 Å². The summed E-state index contributed by atoms with van der Waals surface area (Å²) in [5.74, 6) is 2.39. The summed E-state index contributed by atoms with van der Waals surface area (Å²) in [6.45, 7) is 4.64. The van der Waals surface area contributed by atoms with E-state index >= 15 is 0 Å². The maximum Gasteiger partial charge on any atom is 0.00473 e. The lowest BCUT2D eigenvalue weighted by molar-refractivity contribution is 0.601. The number of hydrogen-bond acceptors (Lipinski definition) is 1. The van der Waals surface area contributed by atoms with E-state index in [9.17, 15) is 0 Å². The largest absolute Gasteiger partial charge is 0.158 e. The van der Waals surface area contributed by atoms with Gasteiger partial charge in [-0.25, -0.2) is 0 Å². The van der Waals surface area contributed by atoms with E-state index in [-0.39, 0.29) is 0 Å². The smallest absolute Gasteiger partial charge is 0.00473 e. The van der Waals surface area contributed by atoms with Gasteiger partial charge in [0.1, 0.15) is 0 Å². The molecular weight excluding hydrogens is 116 g/mol. The first-order valence-corrected chi connectivity index (χ1v) is 4.49. The maximum atomic E-state index is 2.35. The normalized spacial score (nSPS) is 38.2. The molecule has 1 rings (SSSR count). The molecule has 0 spiro atoms. The SMILES string of the molecule is CC[C@@H]1C[C@H](C)CS1. The predicted molar refractivity (Wildman–Crippen MR) is 40.3 cm³/mol. The highest BCUT2D eigenvalue weighted by atomic mass is 32.2. The van der Waals surface area contributed by atoms with E-state index in [2.05, 4.69) is 25.6 Å². The number of hydrogen-bond donors (Lipinski definition) is 0. The van der Waals surface area contributed by atoms with Crippen molar-refractivity contribution in [3.63, 3.8) is 0 Å². The lowest BCUT2D eigenvalue weighted by atomic mass is 10.1. The quantitative estimate of drug-likeness (QED) is 0.525. The molecule has 48 valence electrons. The molecule has 1 aliphatic rings. The number of thioether (sulfide) groups is 1. The van der Waals surface area contributed by atoms with Crippen LogP contribution < -0.4 is 0 Å². The summed E-state index contributed by atoms with van der Waals surface area (Å²) in [6, 6.07) is 0. The third-order valence-electron chi connectivity index (χ3n) is 1.74. The van der Waals surface area contributed by atoms with Gasteiger partial charge in [0.05, 0.1) is 0 Å². The molecule has 1 saturated heterocycles. The van der Waals surface area contributed by atoms with Gasteiger partial charge in [-0.3, -0.25) is 0 Å². The van der Waals surface area contributed by atoms with Crippen molar-refractivity contribution in [3.8, 4) is 0 Å². The molecule has 0 bridgehead atoms. The molecule has 0 aromatic rings. The summed E-state index contributed by atoms with van der Waals surface area (Å²) >= 11 is 2.15. The Morgan fingerprint density at radius 1 is 1.62 bits per heavy atom. The minimum atomic E-state index is 0.991. The van der Waals surface area contributed by atoms with Crippen molar-refractivity contribution in [2.24, 2.45) is 5.92 Å². The third kappa shape index (κ3) is 1.41. The molecule has 0 unspecified atom stereocenters. The second-order valence-electron chi connectivity index (χ2n) is 2.70. The average Bonchev–Trinajstić information content (AvgIpc) is 2.14. The summed E-state index contributed by atoms with van der Waals surface area (Å²) in [7, 11) is 0. The van der Waals surface area contributed by atoms with E-state index in [0.717, 1.165) is 11.2 Å². The average molecular weight is 130 g/mol. The molecule has 0 nitrogen and oxygen atoms in total. The Balaban J connectivity index is 2.22. The van der Waals surface area contributed by atoms with Crippen LogP contribution in [0.1, 0.15) is 26.7 Å². The highest BCUT2D eigenvalue weighted by Crippen LogP contribution is 2.32. The van der Waals surface area contributed by atoms with E-state index in [1.54, 1.807) is 0 Å². The summed E-state index contributed by atoms with van der Waals surface area (Å²) in [5, 5.41) is 0.991. The van der Waals surface area contributed by atoms with Crippen LogP contribution in [0, 0.1) is 5.92 Å². The van der Waals surface area contributed by atoms with Crippen LogP contribution in [0.5, 0.6) is 0 Å². The maximum absolute atomic E-state index is 2.35. The first kappa shape index (κ1) is 6.47. The van der Waals surface area contributed by atoms with Crippen molar-refractivity contribution < 1.29 is 0 Å². The molecule has 0 radical (unpaired) electrons. The Morgan fingerprint density at radius 2 is 2.38 bits per heavy atom. The molecule has 0 N–H and O–H groups in total. The fourth-order valence-electron chi connectivity index (χ4n) is 1.17. The molecule has 1 fully saturated rings. The molecule has 0 aromatic heterocycles. The van der Waals surface area contributed by atoms with Crippen LogP contribution in [-0.4, -0.2) is 11.0 Å². The highest BCUT2D eigenvalue weighted by Gasteiger charge is 2.19. The van der Waals surface area contributed by atoms with Crippen LogP contribution in [0.25, 0.3) is 0 Å². The van der Waals surface area contributed by atoms with Crippen LogP contribution in [-0.2, 0) is 0 Å². The topological polar surface area (TPSA) is 0 Å². The van der Waals surface area contributed by atoms with Crippen molar-refractivity contribution in [1.29, 1.82) is 0 Å². The molecule has 1 heterocycles. The Morgan fingerprint density at radius 3 is 2.62 bits per heavy atom. The van der Waals surface area contributed by atoms with Crippen LogP contribution in [0.15, 0.2) is 0 Å². The van der Waals surface area contributed by atoms with Gasteiger partial charge in [-0.15, -0.1) is 0 Å². The summed E-state index contributed by atoms with van der Waals surface area (Å²) < 4.78 is 0. The van der Waals surface area contributed by atoms with Gasteiger partial charge in [-0.2, -0.15) is 11.8 Å². The summed E-state index contributed by atoms with van der Waals surface area (Å²) in [6.07, 6.45) is 2.83. The van der Waals surface area contributed by atoms with Gasteiger partial charge in [-0.05, 0) is 24.5 Å². The van der Waals surface area contributed by atoms with E-state index in [0.29, 0.717) is 0 Å². The van der Waals surface area contributed by atoms with Gasteiger partial charge >= 0.3 is 0 Å². The van der Waals surface area contributed by atoms with Crippen molar-refractivity contribution in [2.45, 2.75) is 31.9 Å². The van der Waals surface area contributed by atoms with Crippen LogP contribution in [0.3, 0.4) is 0 Å². The zero-order valence-corrected chi connectivity index (χ0v) is 6.50. The van der Waals surface area contributed by atoms with Crippen molar-refractivity contribution in [3.05, 3.63) is 0 Å². The second kappa shape index (κ2) is 2.77. The first-order chi connectivity index (χ1) is 3.83. The Labute approximate surface area is 56.0 Å². The van der Waals surface area contributed by atoms with Gasteiger partial charge in [0.2, 0.25) is 0 Å². The standard InChI is InChI=1S/C7H14S/c1-3-7-4-6(2)5-8-7/h6-7H,3-5H2,1-2H3/t6-,7+/m0/s1. The zero-order valence-electron chi connectivity index (χ0n) is 5.68. The minimum Gasteiger partial charge on any atom is -0.158 e. The molecule has 8 heavy (non-hydrogen) atoms. The molecule has 1 aliphatic heterocycles. The highest BCUT2D eigenvalue weighted by molar-refractivity contribution is 8.00. The fourth-order valence-corrected chi connectivity index (χ4v) is 2.61. The molecule has 2 atom stereocenters. The van der Waals surface area contributed by atoms with Crippen LogP contribution >= 0.6 is 11.8 Å². The van der Waals surface area contributed by atoms with Gasteiger partial charge < -0.3 is 0 Å². The molecular formula is C7H14S. The monoisotopic (exact) mass is 130 g/mol. The van der Waals surface area contributed by atoms with E-state index in [4.69, 9.17) is 0 Å². The molecule has 1 heteroatoms. The fraction of sp³-hybridized carbons (Fsp3) is 1.00. The minimum absolute atomic E-state index is 0.991. The molecule has 0 aromatic carbocycles. The lowest BCUT2D eigenvalue weighted by Crippen LogP contribution is -1.95. The van der Waals surface area contributed by atoms with E-state index in [1.807, 2.05) is 0 Å². The third-order valence-corrected chi connectivity index (χ3v) is 3.50. The molecule has 0 amide bonds. The van der Waals surface area contributed by atoms with Gasteiger partial charge in [0, 0.05) is 5.25 Å². The van der Waals surface area contributed by atoms with Crippen LogP contribution in [0.2, 0.25) is 0 Å². The van der Waals surface area contributed by atoms with Gasteiger partial charge in [0.15, 0.2) is 0 Å². The predicted octanol–water partition coefficient (Wildman–Crippen LogP) is 2.54. The Hall–Kier alpha value is 0.350. The van der Waals surface area contributed by atoms with Crippen molar-refractivity contribution in [1.82, 2.24) is 0 Å². The van der Waals surface area contributed by atoms with Crippen LogP contribution in [0.4, 0.5) is 0 Å². The summed E-state index contributed by atoms with van der Waals surface area (Å²) in [4.78, 5) is 0.